The van der Waals surface area contributed by atoms with Crippen LogP contribution in [-0.2, 0) is 11.3 Å². The van der Waals surface area contributed by atoms with E-state index in [9.17, 15) is 4.79 Å². The van der Waals surface area contributed by atoms with E-state index in [0.717, 1.165) is 66.8 Å². The highest BCUT2D eigenvalue weighted by atomic mass is 16.2. The maximum absolute atomic E-state index is 12.6. The van der Waals surface area contributed by atoms with E-state index in [1.54, 1.807) is 0 Å². The number of H-pyrrole nitrogens is 1. The molecule has 35 heavy (non-hydrogen) atoms. The van der Waals surface area contributed by atoms with Gasteiger partial charge in [0.15, 0.2) is 0 Å². The van der Waals surface area contributed by atoms with Crippen LogP contribution in [0.3, 0.4) is 0 Å². The number of carbonyl (C=O) groups excluding carboxylic acids is 1. The Bertz CT molecular complexity index is 1540. The van der Waals surface area contributed by atoms with Gasteiger partial charge in [0.25, 0.3) is 0 Å². The lowest BCUT2D eigenvalue weighted by Gasteiger charge is -2.18. The number of aromatic nitrogens is 4. The molecule has 5 aromatic rings. The van der Waals surface area contributed by atoms with Crippen LogP contribution in [0.25, 0.3) is 44.5 Å². The van der Waals surface area contributed by atoms with Gasteiger partial charge in [-0.2, -0.15) is 0 Å². The van der Waals surface area contributed by atoms with Crippen LogP contribution in [0.1, 0.15) is 19.3 Å². The van der Waals surface area contributed by atoms with Crippen molar-refractivity contribution in [3.8, 4) is 22.5 Å². The minimum Gasteiger partial charge on any atom is -0.361 e. The number of rotatable bonds is 5. The van der Waals surface area contributed by atoms with Crippen LogP contribution >= 0.6 is 0 Å². The normalized spacial score (nSPS) is 18.1. The first kappa shape index (κ1) is 20.4. The fourth-order valence-electron chi connectivity index (χ4n) is 5.46. The fourth-order valence-corrected chi connectivity index (χ4v) is 5.46. The highest BCUT2D eigenvalue weighted by Gasteiger charge is 2.36. The summed E-state index contributed by atoms with van der Waals surface area (Å²) in [6, 6.07) is 19.3. The first-order valence-electron chi connectivity index (χ1n) is 12.5. The predicted molar refractivity (Wildman–Crippen MR) is 138 cm³/mol. The molecule has 0 spiro atoms. The topological polar surface area (TPSA) is 66.8 Å². The van der Waals surface area contributed by atoms with Crippen LogP contribution in [0.15, 0.2) is 73.2 Å². The van der Waals surface area contributed by atoms with Crippen molar-refractivity contribution >= 4 is 27.8 Å². The number of aromatic amines is 1. The SMILES string of the molecule is O=C(C1CC1)N1CC[C@H](Cn2c(-c3ccc(-c4ccc5[nH]ccc5c4)cc3)nc3cnccc32)C1. The van der Waals surface area contributed by atoms with E-state index < -0.39 is 0 Å². The Morgan fingerprint density at radius 2 is 1.80 bits per heavy atom. The predicted octanol–water partition coefficient (Wildman–Crippen LogP) is 5.51. The first-order chi connectivity index (χ1) is 17.2. The molecule has 6 nitrogen and oxygen atoms in total. The molecule has 1 N–H and O–H groups in total. The Morgan fingerprint density at radius 3 is 2.66 bits per heavy atom. The lowest BCUT2D eigenvalue weighted by molar-refractivity contribution is -0.131. The van der Waals surface area contributed by atoms with Gasteiger partial charge in [0.1, 0.15) is 11.3 Å². The number of pyridine rings is 1. The summed E-state index contributed by atoms with van der Waals surface area (Å²) >= 11 is 0. The zero-order chi connectivity index (χ0) is 23.4. The molecule has 4 heterocycles. The highest BCUT2D eigenvalue weighted by molar-refractivity contribution is 5.86. The quantitative estimate of drug-likeness (QED) is 0.376. The summed E-state index contributed by atoms with van der Waals surface area (Å²) in [4.78, 5) is 27.2. The summed E-state index contributed by atoms with van der Waals surface area (Å²) in [5.41, 5.74) is 6.64. The minimum absolute atomic E-state index is 0.293. The van der Waals surface area contributed by atoms with E-state index in [1.807, 2.05) is 24.7 Å². The zero-order valence-corrected chi connectivity index (χ0v) is 19.5. The third-order valence-electron chi connectivity index (χ3n) is 7.55. The summed E-state index contributed by atoms with van der Waals surface area (Å²) in [5.74, 6) is 2.06. The van der Waals surface area contributed by atoms with Gasteiger partial charge < -0.3 is 14.5 Å². The van der Waals surface area contributed by atoms with Crippen LogP contribution in [0, 0.1) is 11.8 Å². The Hall–Kier alpha value is -3.93. The first-order valence-corrected chi connectivity index (χ1v) is 12.5. The molecule has 1 atom stereocenters. The molecule has 6 heteroatoms. The van der Waals surface area contributed by atoms with Crippen molar-refractivity contribution in [2.24, 2.45) is 11.8 Å². The summed E-state index contributed by atoms with van der Waals surface area (Å²) in [6.07, 6.45) is 8.83. The number of amides is 1. The van der Waals surface area contributed by atoms with Gasteiger partial charge in [0.05, 0.1) is 11.7 Å². The molecular weight excluding hydrogens is 434 g/mol. The molecule has 0 unspecified atom stereocenters. The van der Waals surface area contributed by atoms with E-state index in [4.69, 9.17) is 4.98 Å². The maximum Gasteiger partial charge on any atom is 0.225 e. The van der Waals surface area contributed by atoms with Crippen molar-refractivity contribution in [1.82, 2.24) is 24.4 Å². The Balaban J connectivity index is 1.19. The molecule has 3 aromatic heterocycles. The Labute approximate surface area is 203 Å². The molecule has 174 valence electrons. The van der Waals surface area contributed by atoms with Crippen molar-refractivity contribution in [2.75, 3.05) is 13.1 Å². The van der Waals surface area contributed by atoms with E-state index >= 15 is 0 Å². The Morgan fingerprint density at radius 1 is 0.971 bits per heavy atom. The van der Waals surface area contributed by atoms with Crippen LogP contribution in [0.5, 0.6) is 0 Å². The van der Waals surface area contributed by atoms with Crippen LogP contribution in [0.4, 0.5) is 0 Å². The van der Waals surface area contributed by atoms with Crippen molar-refractivity contribution in [3.63, 3.8) is 0 Å². The van der Waals surface area contributed by atoms with E-state index in [0.29, 0.717) is 17.7 Å². The molecule has 1 saturated heterocycles. The number of imidazole rings is 1. The average Bonchev–Trinajstić information content (AvgIpc) is 3.30. The van der Waals surface area contributed by atoms with Gasteiger partial charge in [-0.05, 0) is 66.0 Å². The van der Waals surface area contributed by atoms with E-state index in [1.165, 1.54) is 16.5 Å². The molecule has 1 saturated carbocycles. The number of nitrogens with zero attached hydrogens (tertiary/aromatic N) is 4. The second-order valence-electron chi connectivity index (χ2n) is 9.98. The minimum atomic E-state index is 0.293. The average molecular weight is 462 g/mol. The lowest BCUT2D eigenvalue weighted by atomic mass is 10.0. The number of carbonyl (C=O) groups is 1. The van der Waals surface area contributed by atoms with Crippen molar-refractivity contribution in [1.29, 1.82) is 0 Å². The van der Waals surface area contributed by atoms with Crippen molar-refractivity contribution in [2.45, 2.75) is 25.8 Å². The van der Waals surface area contributed by atoms with Crippen LogP contribution in [-0.4, -0.2) is 43.4 Å². The van der Waals surface area contributed by atoms with Crippen LogP contribution < -0.4 is 0 Å². The Kier molecular flexibility index (Phi) is 4.72. The number of hydrogen-bond acceptors (Lipinski definition) is 3. The smallest absolute Gasteiger partial charge is 0.225 e. The molecule has 2 aromatic carbocycles. The van der Waals surface area contributed by atoms with Crippen LogP contribution in [0.2, 0.25) is 0 Å². The lowest BCUT2D eigenvalue weighted by Crippen LogP contribution is -2.30. The standard InChI is InChI=1S/C29H27N5O/c35-29(22-5-6-22)33-14-11-19(17-33)18-34-27-10-12-30-16-26(27)32-28(34)21-3-1-20(2-4-21)23-7-8-25-24(15-23)9-13-31-25/h1-4,7-10,12-13,15-16,19,22,31H,5-6,11,14,17-18H2/t19-/m0/s1. The molecule has 2 aliphatic rings. The van der Waals surface area contributed by atoms with Gasteiger partial charge in [-0.3, -0.25) is 9.78 Å². The number of nitrogens with one attached hydrogen (secondary N) is 1. The fraction of sp³-hybridized carbons (Fsp3) is 0.276. The van der Waals surface area contributed by atoms with Gasteiger partial charge >= 0.3 is 0 Å². The second-order valence-corrected chi connectivity index (χ2v) is 9.98. The van der Waals surface area contributed by atoms with Gasteiger partial charge in [-0.15, -0.1) is 0 Å². The maximum atomic E-state index is 12.6. The third-order valence-corrected chi connectivity index (χ3v) is 7.55. The number of fused-ring (bicyclic) bond motifs is 2. The van der Waals surface area contributed by atoms with Gasteiger partial charge in [-0.25, -0.2) is 4.98 Å². The molecule has 7 rings (SSSR count). The van der Waals surface area contributed by atoms with E-state index in [2.05, 4.69) is 68.0 Å². The van der Waals surface area contributed by atoms with Crippen molar-refractivity contribution in [3.05, 3.63) is 73.2 Å². The molecule has 1 aliphatic heterocycles. The summed E-state index contributed by atoms with van der Waals surface area (Å²) in [5, 5.41) is 1.21. The summed E-state index contributed by atoms with van der Waals surface area (Å²) in [6.45, 7) is 2.58. The zero-order valence-electron chi connectivity index (χ0n) is 19.5. The van der Waals surface area contributed by atoms with Gasteiger partial charge in [-0.1, -0.05) is 30.3 Å². The van der Waals surface area contributed by atoms with Crippen molar-refractivity contribution < 1.29 is 4.79 Å². The number of benzene rings is 2. The second kappa shape index (κ2) is 8.08. The molecule has 1 amide bonds. The molecule has 1 aliphatic carbocycles. The monoisotopic (exact) mass is 461 g/mol. The van der Waals surface area contributed by atoms with Gasteiger partial charge in [0.2, 0.25) is 5.91 Å². The molecule has 2 fully saturated rings. The third kappa shape index (κ3) is 3.70. The van der Waals surface area contributed by atoms with Gasteiger partial charge in [0, 0.05) is 49.0 Å². The van der Waals surface area contributed by atoms with E-state index in [-0.39, 0.29) is 0 Å². The summed E-state index contributed by atoms with van der Waals surface area (Å²) in [7, 11) is 0. The summed E-state index contributed by atoms with van der Waals surface area (Å²) < 4.78 is 2.33. The highest BCUT2D eigenvalue weighted by Crippen LogP contribution is 2.34. The number of hydrogen-bond donors (Lipinski definition) is 1. The number of likely N-dealkylation sites (tertiary alicyclic amines) is 1. The molecule has 0 radical (unpaired) electrons. The molecular formula is C29H27N5O. The largest absolute Gasteiger partial charge is 0.361 e. The molecule has 0 bridgehead atoms.